The van der Waals surface area contributed by atoms with Crippen LogP contribution in [-0.4, -0.2) is 26.1 Å². The molecule has 1 N–H and O–H groups in total. The Bertz CT molecular complexity index is 644. The van der Waals surface area contributed by atoms with Gasteiger partial charge in [0.05, 0.1) is 11.6 Å². The van der Waals surface area contributed by atoms with Crippen molar-refractivity contribution in [2.24, 2.45) is 11.8 Å². The highest BCUT2D eigenvalue weighted by molar-refractivity contribution is 6.00. The number of para-hydroxylation sites is 1. The van der Waals surface area contributed by atoms with E-state index < -0.39 is 5.97 Å². The van der Waals surface area contributed by atoms with E-state index in [1.807, 2.05) is 10.7 Å². The molecular weight excluding hydrogens is 242 g/mol. The van der Waals surface area contributed by atoms with Crippen LogP contribution in [0, 0.1) is 11.8 Å². The summed E-state index contributed by atoms with van der Waals surface area (Å²) in [5.74, 6) is 0.429. The Morgan fingerprint density at radius 2 is 1.95 bits per heavy atom. The summed E-state index contributed by atoms with van der Waals surface area (Å²) in [5.41, 5.74) is 1.69. The van der Waals surface area contributed by atoms with E-state index in [1.54, 1.807) is 12.1 Å². The molecule has 0 saturated heterocycles. The van der Waals surface area contributed by atoms with Gasteiger partial charge in [-0.25, -0.2) is 9.48 Å². The molecule has 1 aromatic heterocycles. The molecule has 0 atom stereocenters. The highest BCUT2D eigenvalue weighted by Crippen LogP contribution is 2.52. The Labute approximate surface area is 110 Å². The maximum atomic E-state index is 11.4. The number of hydrogen-bond donors (Lipinski definition) is 1. The lowest BCUT2D eigenvalue weighted by molar-refractivity contribution is 0.0698. The number of carboxylic acid groups (broad SMARTS) is 1. The Balaban J connectivity index is 1.91. The third-order valence-electron chi connectivity index (χ3n) is 4.22. The molecule has 98 valence electrons. The van der Waals surface area contributed by atoms with Crippen molar-refractivity contribution in [3.05, 3.63) is 23.8 Å². The molecule has 2 aromatic rings. The monoisotopic (exact) mass is 257 g/mol. The molecule has 0 bridgehead atoms. The zero-order valence-corrected chi connectivity index (χ0v) is 10.5. The molecule has 1 aromatic carbocycles. The van der Waals surface area contributed by atoms with E-state index in [1.165, 1.54) is 25.7 Å². The number of aromatic carboxylic acids is 1. The molecule has 19 heavy (non-hydrogen) atoms. The van der Waals surface area contributed by atoms with Crippen LogP contribution in [0.4, 0.5) is 0 Å². The summed E-state index contributed by atoms with van der Waals surface area (Å²) in [7, 11) is 0. The minimum absolute atomic E-state index is 0.314. The van der Waals surface area contributed by atoms with Gasteiger partial charge >= 0.3 is 5.97 Å². The molecule has 0 aliphatic heterocycles. The van der Waals surface area contributed by atoms with Gasteiger partial charge in [-0.05, 0) is 49.7 Å². The molecule has 2 saturated carbocycles. The Morgan fingerprint density at radius 3 is 2.53 bits per heavy atom. The highest BCUT2D eigenvalue weighted by atomic mass is 16.4. The van der Waals surface area contributed by atoms with Crippen molar-refractivity contribution in [3.63, 3.8) is 0 Å². The number of benzene rings is 1. The molecule has 2 fully saturated rings. The fourth-order valence-corrected chi connectivity index (χ4v) is 3.03. The third kappa shape index (κ3) is 1.72. The van der Waals surface area contributed by atoms with Gasteiger partial charge in [0.1, 0.15) is 11.0 Å². The molecule has 4 rings (SSSR count). The van der Waals surface area contributed by atoms with Crippen LogP contribution in [0.2, 0.25) is 0 Å². The van der Waals surface area contributed by atoms with Crippen LogP contribution in [0.5, 0.6) is 0 Å². The summed E-state index contributed by atoms with van der Waals surface area (Å²) >= 11 is 0. The molecule has 0 unspecified atom stereocenters. The third-order valence-corrected chi connectivity index (χ3v) is 4.22. The Hall–Kier alpha value is -1.91. The molecule has 2 aliphatic carbocycles. The highest BCUT2D eigenvalue weighted by Gasteiger charge is 2.44. The van der Waals surface area contributed by atoms with E-state index in [0.29, 0.717) is 34.5 Å². The van der Waals surface area contributed by atoms with Crippen molar-refractivity contribution in [2.75, 3.05) is 0 Å². The normalized spacial score (nSPS) is 19.2. The molecule has 0 spiro atoms. The fourth-order valence-electron chi connectivity index (χ4n) is 3.03. The number of aromatic nitrogens is 3. The second kappa shape index (κ2) is 3.79. The van der Waals surface area contributed by atoms with Crippen LogP contribution in [-0.2, 0) is 0 Å². The topological polar surface area (TPSA) is 68.0 Å². The number of rotatable bonds is 4. The first-order valence-electron chi connectivity index (χ1n) is 6.83. The smallest absolute Gasteiger partial charge is 0.337 e. The Morgan fingerprint density at radius 1 is 1.26 bits per heavy atom. The van der Waals surface area contributed by atoms with Gasteiger partial charge < -0.3 is 5.11 Å². The predicted molar refractivity (Wildman–Crippen MR) is 69.0 cm³/mol. The van der Waals surface area contributed by atoms with Crippen LogP contribution >= 0.6 is 0 Å². The zero-order valence-electron chi connectivity index (χ0n) is 10.5. The first kappa shape index (κ1) is 11.0. The van der Waals surface area contributed by atoms with Crippen LogP contribution in [0.1, 0.15) is 42.1 Å². The number of fused-ring (bicyclic) bond motifs is 1. The largest absolute Gasteiger partial charge is 0.478 e. The molecule has 2 aliphatic rings. The molecule has 0 amide bonds. The lowest BCUT2D eigenvalue weighted by Crippen LogP contribution is -2.16. The first-order chi connectivity index (χ1) is 9.25. The van der Waals surface area contributed by atoms with Gasteiger partial charge in [0, 0.05) is 0 Å². The van der Waals surface area contributed by atoms with Crippen LogP contribution < -0.4 is 0 Å². The zero-order chi connectivity index (χ0) is 13.0. The lowest BCUT2D eigenvalue weighted by atomic mass is 10.1. The van der Waals surface area contributed by atoms with Gasteiger partial charge in [-0.15, -0.1) is 5.10 Å². The van der Waals surface area contributed by atoms with E-state index >= 15 is 0 Å². The summed E-state index contributed by atoms with van der Waals surface area (Å²) in [5, 5.41) is 17.8. The van der Waals surface area contributed by atoms with Crippen molar-refractivity contribution in [1.29, 1.82) is 0 Å². The first-order valence-corrected chi connectivity index (χ1v) is 6.83. The van der Waals surface area contributed by atoms with E-state index in [2.05, 4.69) is 10.3 Å². The number of hydrogen-bond acceptors (Lipinski definition) is 3. The summed E-state index contributed by atoms with van der Waals surface area (Å²) < 4.78 is 1.90. The number of carboxylic acids is 1. The van der Waals surface area contributed by atoms with Gasteiger partial charge in [-0.2, -0.15) is 0 Å². The predicted octanol–water partition coefficient (Wildman–Crippen LogP) is 2.49. The van der Waals surface area contributed by atoms with E-state index in [0.717, 1.165) is 0 Å². The summed E-state index contributed by atoms with van der Waals surface area (Å²) in [4.78, 5) is 11.4. The van der Waals surface area contributed by atoms with E-state index in [4.69, 9.17) is 0 Å². The quantitative estimate of drug-likeness (QED) is 0.913. The molecule has 5 nitrogen and oxygen atoms in total. The van der Waals surface area contributed by atoms with Gasteiger partial charge in [0.25, 0.3) is 0 Å². The van der Waals surface area contributed by atoms with Crippen molar-refractivity contribution in [1.82, 2.24) is 15.0 Å². The van der Waals surface area contributed by atoms with Crippen molar-refractivity contribution in [3.8, 4) is 0 Å². The van der Waals surface area contributed by atoms with Crippen LogP contribution in [0.3, 0.4) is 0 Å². The minimum Gasteiger partial charge on any atom is -0.478 e. The van der Waals surface area contributed by atoms with E-state index in [-0.39, 0.29) is 0 Å². The van der Waals surface area contributed by atoms with Crippen LogP contribution in [0.25, 0.3) is 11.0 Å². The molecule has 0 radical (unpaired) electrons. The molecular formula is C14H15N3O2. The number of nitrogens with zero attached hydrogens (tertiary/aromatic N) is 3. The Kier molecular flexibility index (Phi) is 2.19. The summed E-state index contributed by atoms with van der Waals surface area (Å²) in [6.45, 7) is 0. The molecule has 5 heteroatoms. The minimum atomic E-state index is -0.903. The fraction of sp³-hybridized carbons (Fsp3) is 0.500. The maximum absolute atomic E-state index is 11.4. The van der Waals surface area contributed by atoms with Crippen molar-refractivity contribution >= 4 is 17.0 Å². The summed E-state index contributed by atoms with van der Waals surface area (Å²) in [6.07, 6.45) is 4.94. The molecule has 1 heterocycles. The van der Waals surface area contributed by atoms with Gasteiger partial charge in [-0.1, -0.05) is 11.3 Å². The van der Waals surface area contributed by atoms with Crippen LogP contribution in [0.15, 0.2) is 18.2 Å². The maximum Gasteiger partial charge on any atom is 0.337 e. The van der Waals surface area contributed by atoms with Gasteiger partial charge in [0.15, 0.2) is 0 Å². The standard InChI is InChI=1S/C14H15N3O2/c18-14(19)10-2-1-3-11-13(10)17(16-15-11)12(8-4-5-8)9-6-7-9/h1-3,8-9,12H,4-7H2,(H,18,19). The summed E-state index contributed by atoms with van der Waals surface area (Å²) in [6, 6.07) is 5.56. The van der Waals surface area contributed by atoms with Gasteiger partial charge in [-0.3, -0.25) is 0 Å². The van der Waals surface area contributed by atoms with E-state index in [9.17, 15) is 9.90 Å². The van der Waals surface area contributed by atoms with Crippen molar-refractivity contribution in [2.45, 2.75) is 31.7 Å². The second-order valence-electron chi connectivity index (χ2n) is 5.68. The van der Waals surface area contributed by atoms with Gasteiger partial charge in [0.2, 0.25) is 0 Å². The van der Waals surface area contributed by atoms with Crippen molar-refractivity contribution < 1.29 is 9.90 Å². The lowest BCUT2D eigenvalue weighted by Gasteiger charge is -2.17. The second-order valence-corrected chi connectivity index (χ2v) is 5.68. The number of carbonyl (C=O) groups is 1. The average molecular weight is 257 g/mol. The SMILES string of the molecule is O=C(O)c1cccc2nnn(C(C3CC3)C3CC3)c12. The average Bonchev–Trinajstić information content (AvgIpc) is 3.29.